The van der Waals surface area contributed by atoms with Gasteiger partial charge in [0.2, 0.25) is 5.76 Å². The predicted octanol–water partition coefficient (Wildman–Crippen LogP) is 1.33. The molecule has 18 heavy (non-hydrogen) atoms. The highest BCUT2D eigenvalue weighted by Crippen LogP contribution is 2.20. The average Bonchev–Trinajstić information content (AvgIpc) is 2.99. The molecule has 0 aromatic carbocycles. The van der Waals surface area contributed by atoms with Gasteiger partial charge in [-0.15, -0.1) is 0 Å². The van der Waals surface area contributed by atoms with Crippen molar-refractivity contribution < 1.29 is 23.4 Å². The molecule has 0 aliphatic carbocycles. The molecule has 1 aromatic rings. The van der Waals surface area contributed by atoms with Gasteiger partial charge in [-0.2, -0.15) is 0 Å². The fraction of sp³-hybridized carbons (Fsp3) is 0.667. The van der Waals surface area contributed by atoms with Gasteiger partial charge in [0.15, 0.2) is 5.89 Å². The Morgan fingerprint density at radius 2 is 2.33 bits per heavy atom. The molecule has 1 unspecified atom stereocenters. The van der Waals surface area contributed by atoms with Crippen LogP contribution in [0.4, 0.5) is 0 Å². The molecule has 1 saturated heterocycles. The summed E-state index contributed by atoms with van der Waals surface area (Å²) in [5, 5.41) is 0. The molecule has 0 N–H and O–H groups in total. The van der Waals surface area contributed by atoms with E-state index in [-0.39, 0.29) is 18.5 Å². The largest absolute Gasteiger partial charge is 0.463 e. The van der Waals surface area contributed by atoms with Gasteiger partial charge < -0.3 is 18.6 Å². The molecule has 1 aliphatic rings. The van der Waals surface area contributed by atoms with E-state index < -0.39 is 5.97 Å². The van der Waals surface area contributed by atoms with Crippen molar-refractivity contribution in [3.8, 4) is 0 Å². The summed E-state index contributed by atoms with van der Waals surface area (Å²) in [6, 6.07) is 0. The van der Waals surface area contributed by atoms with E-state index in [4.69, 9.17) is 13.9 Å². The zero-order valence-electron chi connectivity index (χ0n) is 10.6. The number of aromatic nitrogens is 1. The molecule has 0 saturated carbocycles. The van der Waals surface area contributed by atoms with Crippen LogP contribution in [-0.2, 0) is 27.2 Å². The highest BCUT2D eigenvalue weighted by atomic mass is 16.5. The van der Waals surface area contributed by atoms with Gasteiger partial charge in [-0.05, 0) is 12.8 Å². The van der Waals surface area contributed by atoms with Gasteiger partial charge in [0, 0.05) is 13.7 Å². The second-order valence-electron chi connectivity index (χ2n) is 4.15. The van der Waals surface area contributed by atoms with E-state index in [0.717, 1.165) is 19.4 Å². The summed E-state index contributed by atoms with van der Waals surface area (Å²) in [6.07, 6.45) is 2.76. The second kappa shape index (κ2) is 5.97. The third-order valence-electron chi connectivity index (χ3n) is 2.82. The van der Waals surface area contributed by atoms with E-state index in [2.05, 4.69) is 9.72 Å². The Morgan fingerprint density at radius 1 is 1.50 bits per heavy atom. The molecule has 0 spiro atoms. The number of rotatable bonds is 5. The lowest BCUT2D eigenvalue weighted by atomic mass is 10.2. The van der Waals surface area contributed by atoms with Gasteiger partial charge in [-0.25, -0.2) is 9.78 Å². The van der Waals surface area contributed by atoms with Crippen LogP contribution in [-0.4, -0.2) is 37.9 Å². The van der Waals surface area contributed by atoms with Crippen molar-refractivity contribution in [1.82, 2.24) is 4.98 Å². The number of oxazole rings is 1. The summed E-state index contributed by atoms with van der Waals surface area (Å²) in [5.74, 6) is 0.0786. The average molecular weight is 255 g/mol. The fourth-order valence-electron chi connectivity index (χ4n) is 1.97. The molecule has 1 aromatic heterocycles. The summed E-state index contributed by atoms with van der Waals surface area (Å²) in [4.78, 5) is 15.8. The Balaban J connectivity index is 2.13. The van der Waals surface area contributed by atoms with Crippen LogP contribution in [0.2, 0.25) is 0 Å². The number of methoxy groups -OCH3 is 2. The maximum Gasteiger partial charge on any atom is 0.376 e. The molecule has 6 heteroatoms. The van der Waals surface area contributed by atoms with Gasteiger partial charge in [0.05, 0.1) is 26.2 Å². The lowest BCUT2D eigenvalue weighted by Crippen LogP contribution is -2.09. The Kier molecular flexibility index (Phi) is 4.33. The quantitative estimate of drug-likeness (QED) is 0.739. The van der Waals surface area contributed by atoms with E-state index >= 15 is 0 Å². The van der Waals surface area contributed by atoms with Crippen molar-refractivity contribution in [2.24, 2.45) is 0 Å². The van der Waals surface area contributed by atoms with Crippen molar-refractivity contribution in [1.29, 1.82) is 0 Å². The molecule has 0 amide bonds. The van der Waals surface area contributed by atoms with E-state index in [1.54, 1.807) is 0 Å². The van der Waals surface area contributed by atoms with E-state index in [9.17, 15) is 4.79 Å². The maximum absolute atomic E-state index is 11.5. The topological polar surface area (TPSA) is 70.8 Å². The monoisotopic (exact) mass is 255 g/mol. The number of carbonyl (C=O) groups is 1. The summed E-state index contributed by atoms with van der Waals surface area (Å²) in [6.45, 7) is 1.000. The smallest absolute Gasteiger partial charge is 0.376 e. The first-order chi connectivity index (χ1) is 8.74. The molecule has 100 valence electrons. The van der Waals surface area contributed by atoms with Crippen molar-refractivity contribution >= 4 is 5.97 Å². The first kappa shape index (κ1) is 13.0. The Labute approximate surface area is 105 Å². The SMILES string of the molecule is COCc1nc(CC2CCCO2)oc1C(=O)OC. The van der Waals surface area contributed by atoms with Gasteiger partial charge in [-0.1, -0.05) is 0 Å². The molecule has 1 atom stereocenters. The Morgan fingerprint density at radius 3 is 2.94 bits per heavy atom. The molecule has 6 nitrogen and oxygen atoms in total. The first-order valence-electron chi connectivity index (χ1n) is 5.92. The number of hydrogen-bond acceptors (Lipinski definition) is 6. The summed E-state index contributed by atoms with van der Waals surface area (Å²) in [5.41, 5.74) is 0.470. The molecule has 0 bridgehead atoms. The standard InChI is InChI=1S/C12H17NO5/c1-15-7-9-11(12(14)16-2)18-10(13-9)6-8-4-3-5-17-8/h8H,3-7H2,1-2H3. The third-order valence-corrected chi connectivity index (χ3v) is 2.82. The van der Waals surface area contributed by atoms with Crippen LogP contribution < -0.4 is 0 Å². The van der Waals surface area contributed by atoms with Crippen molar-refractivity contribution in [2.45, 2.75) is 32.0 Å². The third kappa shape index (κ3) is 2.88. The van der Waals surface area contributed by atoms with E-state index in [1.807, 2.05) is 0 Å². The first-order valence-corrected chi connectivity index (χ1v) is 5.92. The molecule has 1 aliphatic heterocycles. The summed E-state index contributed by atoms with van der Waals surface area (Å²) < 4.78 is 20.6. The van der Waals surface area contributed by atoms with Gasteiger partial charge >= 0.3 is 5.97 Å². The van der Waals surface area contributed by atoms with Gasteiger partial charge in [0.1, 0.15) is 5.69 Å². The number of hydrogen-bond donors (Lipinski definition) is 0. The number of esters is 1. The minimum absolute atomic E-state index is 0.118. The second-order valence-corrected chi connectivity index (χ2v) is 4.15. The molecule has 2 heterocycles. The van der Waals surface area contributed by atoms with Gasteiger partial charge in [-0.3, -0.25) is 0 Å². The normalized spacial score (nSPS) is 19.1. The van der Waals surface area contributed by atoms with Crippen LogP contribution in [0.5, 0.6) is 0 Å². The number of nitrogens with zero attached hydrogens (tertiary/aromatic N) is 1. The van der Waals surface area contributed by atoms with Crippen LogP contribution in [0, 0.1) is 0 Å². The molecular weight excluding hydrogens is 238 g/mol. The molecule has 2 rings (SSSR count). The van der Waals surface area contributed by atoms with Gasteiger partial charge in [0.25, 0.3) is 0 Å². The Bertz CT molecular complexity index is 409. The maximum atomic E-state index is 11.5. The molecular formula is C12H17NO5. The van der Waals surface area contributed by atoms with Crippen LogP contribution in [0.3, 0.4) is 0 Å². The highest BCUT2D eigenvalue weighted by Gasteiger charge is 2.24. The van der Waals surface area contributed by atoms with Crippen LogP contribution in [0.25, 0.3) is 0 Å². The lowest BCUT2D eigenvalue weighted by molar-refractivity contribution is 0.0552. The van der Waals surface area contributed by atoms with E-state index in [0.29, 0.717) is 18.0 Å². The minimum atomic E-state index is -0.534. The zero-order chi connectivity index (χ0) is 13.0. The van der Waals surface area contributed by atoms with Crippen LogP contribution in [0.15, 0.2) is 4.42 Å². The summed E-state index contributed by atoms with van der Waals surface area (Å²) in [7, 11) is 2.84. The predicted molar refractivity (Wildman–Crippen MR) is 61.2 cm³/mol. The molecule has 1 fully saturated rings. The van der Waals surface area contributed by atoms with Crippen LogP contribution in [0.1, 0.15) is 35.0 Å². The van der Waals surface area contributed by atoms with Crippen LogP contribution >= 0.6 is 0 Å². The Hall–Kier alpha value is -1.40. The number of carbonyl (C=O) groups excluding carboxylic acids is 1. The zero-order valence-corrected chi connectivity index (χ0v) is 10.6. The molecule has 0 radical (unpaired) electrons. The summed E-state index contributed by atoms with van der Waals surface area (Å²) >= 11 is 0. The van der Waals surface area contributed by atoms with E-state index in [1.165, 1.54) is 14.2 Å². The fourth-order valence-corrected chi connectivity index (χ4v) is 1.97. The highest BCUT2D eigenvalue weighted by molar-refractivity contribution is 5.87. The van der Waals surface area contributed by atoms with Crippen molar-refractivity contribution in [3.63, 3.8) is 0 Å². The lowest BCUT2D eigenvalue weighted by Gasteiger charge is -2.04. The van der Waals surface area contributed by atoms with Crippen molar-refractivity contribution in [3.05, 3.63) is 17.3 Å². The minimum Gasteiger partial charge on any atom is -0.463 e. The van der Waals surface area contributed by atoms with Crippen molar-refractivity contribution in [2.75, 3.05) is 20.8 Å². The number of ether oxygens (including phenoxy) is 3.